The van der Waals surface area contributed by atoms with Crippen LogP contribution in [0.25, 0.3) is 0 Å². The molecule has 1 aromatic carbocycles. The van der Waals surface area contributed by atoms with Gasteiger partial charge in [-0.3, -0.25) is 0 Å². The summed E-state index contributed by atoms with van der Waals surface area (Å²) in [5.41, 5.74) is -0.660. The molecule has 0 saturated carbocycles. The number of benzene rings is 1. The van der Waals surface area contributed by atoms with Gasteiger partial charge >= 0.3 is 6.03 Å². The van der Waals surface area contributed by atoms with Gasteiger partial charge < -0.3 is 20.8 Å². The lowest BCUT2D eigenvalue weighted by Gasteiger charge is -2.29. The van der Waals surface area contributed by atoms with Crippen LogP contribution in [0.15, 0.2) is 18.2 Å². The molecule has 0 heterocycles. The molecule has 0 atom stereocenters. The van der Waals surface area contributed by atoms with Gasteiger partial charge in [0.25, 0.3) is 0 Å². The highest BCUT2D eigenvalue weighted by atomic mass is 35.5. The highest BCUT2D eigenvalue weighted by Gasteiger charge is 2.28. The van der Waals surface area contributed by atoms with E-state index < -0.39 is 11.6 Å². The van der Waals surface area contributed by atoms with Crippen LogP contribution in [-0.4, -0.2) is 35.0 Å². The molecule has 0 bridgehead atoms. The Kier molecular flexibility index (Phi) is 5.87. The molecule has 0 unspecified atom stereocenters. The largest absolute Gasteiger partial charge is 0.394 e. The fourth-order valence-corrected chi connectivity index (χ4v) is 1.88. The second-order valence-corrected chi connectivity index (χ2v) is 5.00. The van der Waals surface area contributed by atoms with Crippen molar-refractivity contribution < 1.29 is 15.0 Å². The van der Waals surface area contributed by atoms with Gasteiger partial charge in [-0.2, -0.15) is 0 Å². The molecule has 0 aromatic heterocycles. The van der Waals surface area contributed by atoms with E-state index in [1.807, 2.05) is 0 Å². The first-order valence-electron chi connectivity index (χ1n) is 5.72. The molecular formula is C12H16Cl2N2O3. The van der Waals surface area contributed by atoms with Gasteiger partial charge in [0.2, 0.25) is 0 Å². The Bertz CT molecular complexity index is 442. The van der Waals surface area contributed by atoms with Gasteiger partial charge in [0.15, 0.2) is 0 Å². The van der Waals surface area contributed by atoms with Crippen molar-refractivity contribution in [1.29, 1.82) is 0 Å². The molecule has 0 aliphatic carbocycles. The average molecular weight is 307 g/mol. The first-order chi connectivity index (χ1) is 8.96. The molecule has 0 aliphatic rings. The Labute approximate surface area is 121 Å². The first-order valence-corrected chi connectivity index (χ1v) is 6.48. The summed E-state index contributed by atoms with van der Waals surface area (Å²) in [7, 11) is 0. The number of aliphatic hydroxyl groups excluding tert-OH is 2. The SMILES string of the molecule is CCC(CO)(CO)NC(=O)Nc1ccc(Cl)cc1Cl. The lowest BCUT2D eigenvalue weighted by Crippen LogP contribution is -2.55. The third-order valence-electron chi connectivity index (χ3n) is 2.84. The topological polar surface area (TPSA) is 81.6 Å². The van der Waals surface area contributed by atoms with Crippen molar-refractivity contribution in [3.8, 4) is 0 Å². The predicted molar refractivity (Wildman–Crippen MR) is 75.8 cm³/mol. The van der Waals surface area contributed by atoms with Crippen LogP contribution < -0.4 is 10.6 Å². The van der Waals surface area contributed by atoms with Gasteiger partial charge in [0.05, 0.1) is 29.5 Å². The van der Waals surface area contributed by atoms with Gasteiger partial charge in [0.1, 0.15) is 0 Å². The van der Waals surface area contributed by atoms with Crippen LogP contribution in [0, 0.1) is 0 Å². The number of halogens is 2. The third kappa shape index (κ3) is 4.24. The summed E-state index contributed by atoms with van der Waals surface area (Å²) in [6, 6.07) is 4.10. The van der Waals surface area contributed by atoms with E-state index in [1.54, 1.807) is 19.1 Å². The summed E-state index contributed by atoms with van der Waals surface area (Å²) in [6.07, 6.45) is 0.391. The van der Waals surface area contributed by atoms with Gasteiger partial charge in [-0.15, -0.1) is 0 Å². The fourth-order valence-electron chi connectivity index (χ4n) is 1.43. The van der Waals surface area contributed by atoms with Crippen molar-refractivity contribution >= 4 is 34.9 Å². The van der Waals surface area contributed by atoms with Crippen LogP contribution in [0.5, 0.6) is 0 Å². The maximum Gasteiger partial charge on any atom is 0.319 e. The maximum atomic E-state index is 11.8. The standard InChI is InChI=1S/C12H16Cl2N2O3/c1-2-12(6-17,7-18)16-11(19)15-10-4-3-8(13)5-9(10)14/h3-5,17-18H,2,6-7H2,1H3,(H2,15,16,19). The van der Waals surface area contributed by atoms with Crippen molar-refractivity contribution in [2.24, 2.45) is 0 Å². The van der Waals surface area contributed by atoms with Crippen LogP contribution >= 0.6 is 23.2 Å². The molecule has 0 aliphatic heterocycles. The normalized spacial score (nSPS) is 11.2. The predicted octanol–water partition coefficient (Wildman–Crippen LogP) is 2.25. The van der Waals surface area contributed by atoms with Crippen molar-refractivity contribution in [3.63, 3.8) is 0 Å². The van der Waals surface area contributed by atoms with Crippen LogP contribution in [0.4, 0.5) is 10.5 Å². The number of nitrogens with one attached hydrogen (secondary N) is 2. The minimum absolute atomic E-state index is 0.303. The molecule has 19 heavy (non-hydrogen) atoms. The molecule has 106 valence electrons. The monoisotopic (exact) mass is 306 g/mol. The van der Waals surface area contributed by atoms with Crippen molar-refractivity contribution in [2.75, 3.05) is 18.5 Å². The minimum atomic E-state index is -1.05. The Hall–Kier alpha value is -1.01. The van der Waals surface area contributed by atoms with Crippen LogP contribution in [0.2, 0.25) is 10.0 Å². The number of urea groups is 1. The van der Waals surface area contributed by atoms with Crippen LogP contribution in [0.3, 0.4) is 0 Å². The second-order valence-electron chi connectivity index (χ2n) is 4.15. The zero-order valence-corrected chi connectivity index (χ0v) is 11.9. The van der Waals surface area contributed by atoms with Crippen LogP contribution in [0.1, 0.15) is 13.3 Å². The number of anilines is 1. The van der Waals surface area contributed by atoms with Gasteiger partial charge in [0, 0.05) is 5.02 Å². The van der Waals surface area contributed by atoms with E-state index >= 15 is 0 Å². The van der Waals surface area contributed by atoms with E-state index in [-0.39, 0.29) is 13.2 Å². The molecule has 1 rings (SSSR count). The van der Waals surface area contributed by atoms with Gasteiger partial charge in [-0.05, 0) is 24.6 Å². The lowest BCUT2D eigenvalue weighted by molar-refractivity contribution is 0.0955. The average Bonchev–Trinajstić information content (AvgIpc) is 2.39. The van der Waals surface area contributed by atoms with Crippen molar-refractivity contribution in [3.05, 3.63) is 28.2 Å². The van der Waals surface area contributed by atoms with E-state index in [9.17, 15) is 15.0 Å². The van der Waals surface area contributed by atoms with E-state index in [4.69, 9.17) is 23.2 Å². The zero-order valence-electron chi connectivity index (χ0n) is 10.4. The summed E-state index contributed by atoms with van der Waals surface area (Å²) in [5, 5.41) is 24.3. The Morgan fingerprint density at radius 3 is 2.42 bits per heavy atom. The molecule has 0 radical (unpaired) electrons. The van der Waals surface area contributed by atoms with E-state index in [2.05, 4.69) is 10.6 Å². The highest BCUT2D eigenvalue weighted by molar-refractivity contribution is 6.36. The number of amides is 2. The molecule has 1 aromatic rings. The molecular weight excluding hydrogens is 291 g/mol. The number of carbonyl (C=O) groups is 1. The van der Waals surface area contributed by atoms with Crippen molar-refractivity contribution in [1.82, 2.24) is 5.32 Å². The van der Waals surface area contributed by atoms with E-state index in [0.29, 0.717) is 22.2 Å². The molecule has 4 N–H and O–H groups in total. The van der Waals surface area contributed by atoms with Crippen molar-refractivity contribution in [2.45, 2.75) is 18.9 Å². The summed E-state index contributed by atoms with van der Waals surface area (Å²) in [4.78, 5) is 11.8. The number of rotatable bonds is 5. The third-order valence-corrected chi connectivity index (χ3v) is 3.39. The van der Waals surface area contributed by atoms with E-state index in [1.165, 1.54) is 6.07 Å². The summed E-state index contributed by atoms with van der Waals surface area (Å²) >= 11 is 11.7. The molecule has 0 spiro atoms. The number of hydrogen-bond donors (Lipinski definition) is 4. The minimum Gasteiger partial charge on any atom is -0.394 e. The maximum absolute atomic E-state index is 11.8. The Balaban J connectivity index is 2.74. The van der Waals surface area contributed by atoms with Gasteiger partial charge in [-0.1, -0.05) is 30.1 Å². The Morgan fingerprint density at radius 1 is 1.32 bits per heavy atom. The summed E-state index contributed by atoms with van der Waals surface area (Å²) in [6.45, 7) is 1.03. The second kappa shape index (κ2) is 6.96. The lowest BCUT2D eigenvalue weighted by atomic mass is 9.99. The van der Waals surface area contributed by atoms with E-state index in [0.717, 1.165) is 0 Å². The van der Waals surface area contributed by atoms with Crippen LogP contribution in [-0.2, 0) is 0 Å². The number of carbonyl (C=O) groups excluding carboxylic acids is 1. The number of hydrogen-bond acceptors (Lipinski definition) is 3. The Morgan fingerprint density at radius 2 is 1.95 bits per heavy atom. The summed E-state index contributed by atoms with van der Waals surface area (Å²) in [5.74, 6) is 0. The first kappa shape index (κ1) is 16.0. The fraction of sp³-hybridized carbons (Fsp3) is 0.417. The molecule has 5 nitrogen and oxygen atoms in total. The van der Waals surface area contributed by atoms with Gasteiger partial charge in [-0.25, -0.2) is 4.79 Å². The zero-order chi connectivity index (χ0) is 14.5. The smallest absolute Gasteiger partial charge is 0.319 e. The molecule has 0 saturated heterocycles. The molecule has 7 heteroatoms. The number of aliphatic hydroxyl groups is 2. The highest BCUT2D eigenvalue weighted by Crippen LogP contribution is 2.25. The summed E-state index contributed by atoms with van der Waals surface area (Å²) < 4.78 is 0. The molecule has 0 fully saturated rings. The quantitative estimate of drug-likeness (QED) is 0.673. The molecule has 2 amide bonds.